The predicted octanol–water partition coefficient (Wildman–Crippen LogP) is 2.74. The summed E-state index contributed by atoms with van der Waals surface area (Å²) in [5.41, 5.74) is 4.05. The van der Waals surface area contributed by atoms with Gasteiger partial charge in [-0.2, -0.15) is 0 Å². The molecular weight excluding hydrogens is 394 g/mol. The molecule has 7 rings (SSSR count). The van der Waals surface area contributed by atoms with Gasteiger partial charge in [-0.25, -0.2) is 0 Å². The first kappa shape index (κ1) is 17.2. The van der Waals surface area contributed by atoms with Gasteiger partial charge in [-0.1, -0.05) is 24.3 Å². The topological polar surface area (TPSA) is 74.9 Å². The molecule has 2 atom stereocenters. The van der Waals surface area contributed by atoms with E-state index in [0.29, 0.717) is 17.9 Å². The number of ether oxygens (including phenoxy) is 2. The number of H-pyrrole nitrogens is 1. The number of rotatable bonds is 2. The molecule has 0 radical (unpaired) electrons. The van der Waals surface area contributed by atoms with Crippen molar-refractivity contribution >= 4 is 22.7 Å². The number of amides is 2. The van der Waals surface area contributed by atoms with E-state index in [1.165, 1.54) is 0 Å². The van der Waals surface area contributed by atoms with Crippen LogP contribution in [-0.4, -0.2) is 52.0 Å². The quantitative estimate of drug-likeness (QED) is 0.699. The van der Waals surface area contributed by atoms with Gasteiger partial charge >= 0.3 is 0 Å². The number of hydrogen-bond donors (Lipinski definition) is 1. The van der Waals surface area contributed by atoms with Gasteiger partial charge in [0, 0.05) is 29.1 Å². The van der Waals surface area contributed by atoms with E-state index in [4.69, 9.17) is 9.47 Å². The van der Waals surface area contributed by atoms with Crippen LogP contribution in [0.4, 0.5) is 0 Å². The number of nitrogens with zero attached hydrogens (tertiary/aromatic N) is 2. The van der Waals surface area contributed by atoms with Crippen LogP contribution in [0.1, 0.15) is 35.7 Å². The molecule has 156 valence electrons. The number of aromatic amines is 1. The van der Waals surface area contributed by atoms with Gasteiger partial charge in [0.25, 0.3) is 0 Å². The van der Waals surface area contributed by atoms with E-state index >= 15 is 0 Å². The molecule has 4 heterocycles. The van der Waals surface area contributed by atoms with E-state index in [2.05, 4.69) is 11.1 Å². The number of nitrogens with one attached hydrogen (secondary N) is 1. The zero-order chi connectivity index (χ0) is 20.7. The Hall–Kier alpha value is -3.48. The second kappa shape index (κ2) is 6.03. The van der Waals surface area contributed by atoms with Gasteiger partial charge in [0.2, 0.25) is 18.6 Å². The summed E-state index contributed by atoms with van der Waals surface area (Å²) >= 11 is 0. The van der Waals surface area contributed by atoms with E-state index in [-0.39, 0.29) is 37.2 Å². The minimum Gasteiger partial charge on any atom is -0.454 e. The van der Waals surface area contributed by atoms with Gasteiger partial charge in [-0.3, -0.25) is 9.59 Å². The molecule has 1 saturated carbocycles. The first-order valence-corrected chi connectivity index (χ1v) is 10.8. The van der Waals surface area contributed by atoms with Crippen molar-refractivity contribution in [1.82, 2.24) is 14.8 Å². The average Bonchev–Trinajstić information content (AvgIpc) is 3.40. The van der Waals surface area contributed by atoms with E-state index in [1.807, 2.05) is 36.4 Å². The Balaban J connectivity index is 1.43. The molecule has 1 N–H and O–H groups in total. The second-order valence-electron chi connectivity index (χ2n) is 8.80. The van der Waals surface area contributed by atoms with Crippen molar-refractivity contribution in [3.63, 3.8) is 0 Å². The maximum Gasteiger partial charge on any atom is 0.246 e. The minimum absolute atomic E-state index is 0.00322. The molecule has 2 aromatic carbocycles. The number of benzene rings is 2. The molecule has 1 aliphatic carbocycles. The Morgan fingerprint density at radius 2 is 1.84 bits per heavy atom. The maximum atomic E-state index is 13.5. The molecule has 2 fully saturated rings. The summed E-state index contributed by atoms with van der Waals surface area (Å²) in [6.07, 6.45) is 2.53. The average molecular weight is 415 g/mol. The highest BCUT2D eigenvalue weighted by molar-refractivity contribution is 5.98. The smallest absolute Gasteiger partial charge is 0.246 e. The predicted molar refractivity (Wildman–Crippen MR) is 112 cm³/mol. The standard InChI is InChI=1S/C24H21N3O4/c28-21-11-26(14-6-7-14)24(29)18-10-16-15-3-1-2-4-17(15)25-22(16)23(27(18)21)13-5-8-19-20(9-13)31-12-30-19/h1-5,8-9,14,18,23,25H,6-7,10-12H2/t18-,23-/m0/s1. The molecule has 1 saturated heterocycles. The zero-order valence-corrected chi connectivity index (χ0v) is 16.8. The van der Waals surface area contributed by atoms with Crippen LogP contribution in [0.15, 0.2) is 42.5 Å². The van der Waals surface area contributed by atoms with Crippen molar-refractivity contribution in [1.29, 1.82) is 0 Å². The number of hydrogen-bond acceptors (Lipinski definition) is 4. The lowest BCUT2D eigenvalue weighted by Crippen LogP contribution is -2.63. The van der Waals surface area contributed by atoms with E-state index < -0.39 is 6.04 Å². The lowest BCUT2D eigenvalue weighted by Gasteiger charge is -2.47. The highest BCUT2D eigenvalue weighted by atomic mass is 16.7. The number of aromatic nitrogens is 1. The number of piperazine rings is 1. The Morgan fingerprint density at radius 3 is 2.71 bits per heavy atom. The maximum absolute atomic E-state index is 13.5. The molecule has 3 aromatic rings. The van der Waals surface area contributed by atoms with Crippen LogP contribution in [0.2, 0.25) is 0 Å². The third-order valence-electron chi connectivity index (χ3n) is 6.99. The molecule has 1 aromatic heterocycles. The third-order valence-corrected chi connectivity index (χ3v) is 6.99. The molecule has 0 bridgehead atoms. The SMILES string of the molecule is O=C1[C@@H]2Cc3c([nH]c4ccccc34)[C@H](c3ccc4c(c3)OCO4)N2C(=O)CN1C1CC1. The van der Waals surface area contributed by atoms with Gasteiger partial charge in [-0.05, 0) is 42.2 Å². The molecule has 7 nitrogen and oxygen atoms in total. The summed E-state index contributed by atoms with van der Waals surface area (Å²) in [6.45, 7) is 0.359. The summed E-state index contributed by atoms with van der Waals surface area (Å²) in [5, 5.41) is 1.12. The first-order valence-electron chi connectivity index (χ1n) is 10.8. The molecule has 0 unspecified atom stereocenters. The van der Waals surface area contributed by atoms with Gasteiger partial charge < -0.3 is 24.3 Å². The number of carbonyl (C=O) groups is 2. The number of para-hydroxylation sites is 1. The van der Waals surface area contributed by atoms with Crippen LogP contribution in [0.25, 0.3) is 10.9 Å². The largest absolute Gasteiger partial charge is 0.454 e. The van der Waals surface area contributed by atoms with Gasteiger partial charge in [0.05, 0.1) is 6.04 Å². The summed E-state index contributed by atoms with van der Waals surface area (Å²) in [4.78, 5) is 34.1. The Labute approximate surface area is 178 Å². The van der Waals surface area contributed by atoms with Crippen molar-refractivity contribution in [3.05, 3.63) is 59.3 Å². The van der Waals surface area contributed by atoms with Crippen molar-refractivity contribution < 1.29 is 19.1 Å². The van der Waals surface area contributed by atoms with E-state index in [1.54, 1.807) is 9.80 Å². The highest BCUT2D eigenvalue weighted by Crippen LogP contribution is 2.45. The van der Waals surface area contributed by atoms with Crippen LogP contribution in [0.5, 0.6) is 11.5 Å². The fraction of sp³-hybridized carbons (Fsp3) is 0.333. The normalized spacial score (nSPS) is 24.5. The van der Waals surface area contributed by atoms with Crippen LogP contribution < -0.4 is 9.47 Å². The molecule has 3 aliphatic heterocycles. The van der Waals surface area contributed by atoms with Crippen LogP contribution in [0.3, 0.4) is 0 Å². The van der Waals surface area contributed by atoms with Crippen molar-refractivity contribution in [2.75, 3.05) is 13.3 Å². The lowest BCUT2D eigenvalue weighted by atomic mass is 9.86. The van der Waals surface area contributed by atoms with Gasteiger partial charge in [0.15, 0.2) is 11.5 Å². The van der Waals surface area contributed by atoms with E-state index in [0.717, 1.165) is 40.6 Å². The van der Waals surface area contributed by atoms with Crippen LogP contribution in [-0.2, 0) is 16.0 Å². The third kappa shape index (κ3) is 2.40. The fourth-order valence-electron chi connectivity index (χ4n) is 5.41. The highest BCUT2D eigenvalue weighted by Gasteiger charge is 2.51. The second-order valence-corrected chi connectivity index (χ2v) is 8.80. The van der Waals surface area contributed by atoms with Crippen molar-refractivity contribution in [3.8, 4) is 11.5 Å². The summed E-state index contributed by atoms with van der Waals surface area (Å²) < 4.78 is 11.1. The number of carbonyl (C=O) groups excluding carboxylic acids is 2. The van der Waals surface area contributed by atoms with Crippen molar-refractivity contribution in [2.24, 2.45) is 0 Å². The molecule has 2 amide bonds. The van der Waals surface area contributed by atoms with E-state index in [9.17, 15) is 9.59 Å². The molecule has 4 aliphatic rings. The van der Waals surface area contributed by atoms with Crippen LogP contribution >= 0.6 is 0 Å². The minimum atomic E-state index is -0.482. The monoisotopic (exact) mass is 415 g/mol. The number of fused-ring (bicyclic) bond motifs is 5. The van der Waals surface area contributed by atoms with Crippen molar-refractivity contribution in [2.45, 2.75) is 37.4 Å². The molecular formula is C24H21N3O4. The zero-order valence-electron chi connectivity index (χ0n) is 16.8. The Morgan fingerprint density at radius 1 is 1.00 bits per heavy atom. The first-order chi connectivity index (χ1) is 15.2. The Bertz CT molecular complexity index is 1260. The molecule has 31 heavy (non-hydrogen) atoms. The summed E-state index contributed by atoms with van der Waals surface area (Å²) in [6, 6.07) is 13.3. The summed E-state index contributed by atoms with van der Waals surface area (Å²) in [5.74, 6) is 1.45. The summed E-state index contributed by atoms with van der Waals surface area (Å²) in [7, 11) is 0. The molecule has 7 heteroatoms. The van der Waals surface area contributed by atoms with Gasteiger partial charge in [0.1, 0.15) is 12.6 Å². The lowest BCUT2D eigenvalue weighted by molar-refractivity contribution is -0.159. The molecule has 0 spiro atoms. The Kier molecular flexibility index (Phi) is 3.35. The fourth-order valence-corrected chi connectivity index (χ4v) is 5.41. The van der Waals surface area contributed by atoms with Gasteiger partial charge in [-0.15, -0.1) is 0 Å². The van der Waals surface area contributed by atoms with Crippen LogP contribution in [0, 0.1) is 0 Å².